The number of pyridine rings is 2. The number of nitrogens with zero attached hydrogens (tertiary/aromatic N) is 3. The van der Waals surface area contributed by atoms with Gasteiger partial charge in [0.15, 0.2) is 0 Å². The first-order valence-corrected chi connectivity index (χ1v) is 12.2. The summed E-state index contributed by atoms with van der Waals surface area (Å²) >= 11 is 0. The van der Waals surface area contributed by atoms with Crippen LogP contribution in [0.15, 0.2) is 91.3 Å². The summed E-state index contributed by atoms with van der Waals surface area (Å²) in [6, 6.07) is 28.8. The second-order valence-electron chi connectivity index (χ2n) is 9.80. The third kappa shape index (κ3) is 2.12. The molecular weight excluding hydrogens is 426 g/mol. The Morgan fingerprint density at radius 2 is 1.46 bits per heavy atom. The number of rotatable bonds is 0. The van der Waals surface area contributed by atoms with Gasteiger partial charge < -0.3 is 0 Å². The van der Waals surface area contributed by atoms with Crippen molar-refractivity contribution in [3.63, 3.8) is 0 Å². The molecule has 3 heterocycles. The number of aromatic nitrogens is 3. The van der Waals surface area contributed by atoms with Gasteiger partial charge in [-0.25, -0.2) is 4.98 Å². The Balaban J connectivity index is 1.45. The molecule has 0 N–H and O–H groups in total. The highest BCUT2D eigenvalue weighted by atomic mass is 15.0. The topological polar surface area (TPSA) is 30.2 Å². The predicted molar refractivity (Wildman–Crippen MR) is 142 cm³/mol. The van der Waals surface area contributed by atoms with Gasteiger partial charge in [-0.2, -0.15) is 0 Å². The quantitative estimate of drug-likeness (QED) is 0.229. The SMILES string of the molecule is c1ccc2c(c1)Cc1c-2ccc2c1Cc1ccc3c4ccncc4n4c5ccccc5nc4c3c1-2. The minimum Gasteiger partial charge on any atom is -0.290 e. The van der Waals surface area contributed by atoms with Gasteiger partial charge in [0.25, 0.3) is 0 Å². The van der Waals surface area contributed by atoms with Crippen molar-refractivity contribution in [2.24, 2.45) is 0 Å². The van der Waals surface area contributed by atoms with Crippen LogP contribution in [0.25, 0.3) is 60.6 Å². The van der Waals surface area contributed by atoms with E-state index in [0.717, 1.165) is 35.0 Å². The smallest absolute Gasteiger partial charge is 0.147 e. The first-order valence-electron chi connectivity index (χ1n) is 12.2. The summed E-state index contributed by atoms with van der Waals surface area (Å²) in [5, 5.41) is 3.72. The maximum atomic E-state index is 5.18. The lowest BCUT2D eigenvalue weighted by atomic mass is 9.94. The first-order chi connectivity index (χ1) is 17.4. The van der Waals surface area contributed by atoms with Gasteiger partial charge in [-0.1, -0.05) is 60.7 Å². The third-order valence-corrected chi connectivity index (χ3v) is 8.15. The fourth-order valence-electron chi connectivity index (χ4n) is 6.69. The summed E-state index contributed by atoms with van der Waals surface area (Å²) in [5.74, 6) is 0. The van der Waals surface area contributed by atoms with E-state index >= 15 is 0 Å². The van der Waals surface area contributed by atoms with Crippen LogP contribution in [0.5, 0.6) is 0 Å². The van der Waals surface area contributed by atoms with Crippen molar-refractivity contribution >= 4 is 38.4 Å². The predicted octanol–water partition coefficient (Wildman–Crippen LogP) is 7.33. The van der Waals surface area contributed by atoms with Gasteiger partial charge in [0.1, 0.15) is 5.65 Å². The molecule has 35 heavy (non-hydrogen) atoms. The van der Waals surface area contributed by atoms with Gasteiger partial charge in [0.2, 0.25) is 0 Å². The van der Waals surface area contributed by atoms with E-state index in [1.807, 2.05) is 12.4 Å². The number of para-hydroxylation sites is 2. The van der Waals surface area contributed by atoms with E-state index in [-0.39, 0.29) is 0 Å². The van der Waals surface area contributed by atoms with E-state index in [1.54, 1.807) is 0 Å². The Labute approximate surface area is 201 Å². The van der Waals surface area contributed by atoms with Crippen LogP contribution in [0.2, 0.25) is 0 Å². The minimum absolute atomic E-state index is 0.985. The largest absolute Gasteiger partial charge is 0.290 e. The van der Waals surface area contributed by atoms with Crippen molar-refractivity contribution in [2.45, 2.75) is 12.8 Å². The number of fused-ring (bicyclic) bond motifs is 16. The van der Waals surface area contributed by atoms with Gasteiger partial charge in [-0.3, -0.25) is 9.38 Å². The van der Waals surface area contributed by atoms with Crippen LogP contribution in [0.4, 0.5) is 0 Å². The molecule has 2 aliphatic carbocycles. The van der Waals surface area contributed by atoms with Crippen LogP contribution in [-0.4, -0.2) is 14.4 Å². The molecular formula is C32H19N3. The van der Waals surface area contributed by atoms with Crippen molar-refractivity contribution in [3.05, 3.63) is 114 Å². The molecule has 162 valence electrons. The summed E-state index contributed by atoms with van der Waals surface area (Å²) in [6.07, 6.45) is 5.88. The van der Waals surface area contributed by atoms with Crippen LogP contribution in [0.3, 0.4) is 0 Å². The maximum absolute atomic E-state index is 5.18. The van der Waals surface area contributed by atoms with Crippen molar-refractivity contribution in [2.75, 3.05) is 0 Å². The van der Waals surface area contributed by atoms with E-state index in [0.29, 0.717) is 0 Å². The lowest BCUT2D eigenvalue weighted by molar-refractivity contribution is 1.16. The van der Waals surface area contributed by atoms with Crippen molar-refractivity contribution in [1.29, 1.82) is 0 Å². The fourth-order valence-corrected chi connectivity index (χ4v) is 6.69. The lowest BCUT2D eigenvalue weighted by Gasteiger charge is -2.13. The summed E-state index contributed by atoms with van der Waals surface area (Å²) in [7, 11) is 0. The van der Waals surface area contributed by atoms with Gasteiger partial charge >= 0.3 is 0 Å². The minimum atomic E-state index is 0.985. The standard InChI is InChI=1S/C32H19N3/c1-2-6-20-18(5-1)15-25-21(20)11-12-24-26(25)16-19-9-10-23-22-13-14-33-17-29(22)35-28-8-4-3-7-27(28)34-32(35)31(23)30(19)24/h1-14,17H,15-16H2. The van der Waals surface area contributed by atoms with Crippen LogP contribution in [-0.2, 0) is 12.8 Å². The summed E-state index contributed by atoms with van der Waals surface area (Å²) in [5.41, 5.74) is 15.6. The second-order valence-corrected chi connectivity index (χ2v) is 9.80. The molecule has 2 aliphatic rings. The molecule has 0 fully saturated rings. The molecule has 3 nitrogen and oxygen atoms in total. The van der Waals surface area contributed by atoms with Gasteiger partial charge in [-0.15, -0.1) is 0 Å². The maximum Gasteiger partial charge on any atom is 0.147 e. The van der Waals surface area contributed by atoms with Crippen molar-refractivity contribution in [3.8, 4) is 22.3 Å². The number of hydrogen-bond acceptors (Lipinski definition) is 2. The molecule has 0 radical (unpaired) electrons. The Hall–Kier alpha value is -4.50. The lowest BCUT2D eigenvalue weighted by Crippen LogP contribution is -1.94. The summed E-state index contributed by atoms with van der Waals surface area (Å²) < 4.78 is 2.31. The van der Waals surface area contributed by atoms with Crippen molar-refractivity contribution in [1.82, 2.24) is 14.4 Å². The molecule has 0 saturated carbocycles. The van der Waals surface area contributed by atoms with Gasteiger partial charge in [0, 0.05) is 17.0 Å². The highest BCUT2D eigenvalue weighted by molar-refractivity contribution is 6.19. The van der Waals surface area contributed by atoms with E-state index in [9.17, 15) is 0 Å². The Kier molecular flexibility index (Phi) is 3.14. The molecule has 0 unspecified atom stereocenters. The van der Waals surface area contributed by atoms with E-state index in [1.165, 1.54) is 60.7 Å². The molecule has 3 heteroatoms. The van der Waals surface area contributed by atoms with Crippen molar-refractivity contribution < 1.29 is 0 Å². The molecule has 0 bridgehead atoms. The van der Waals surface area contributed by atoms with Crippen LogP contribution >= 0.6 is 0 Å². The van der Waals surface area contributed by atoms with Crippen LogP contribution in [0.1, 0.15) is 22.3 Å². The second kappa shape index (κ2) is 6.13. The molecule has 0 spiro atoms. The highest BCUT2D eigenvalue weighted by Gasteiger charge is 2.30. The molecule has 0 aliphatic heterocycles. The van der Waals surface area contributed by atoms with E-state index < -0.39 is 0 Å². The molecule has 0 atom stereocenters. The molecule has 0 amide bonds. The Morgan fingerprint density at radius 1 is 0.629 bits per heavy atom. The number of benzene rings is 4. The fraction of sp³-hybridized carbons (Fsp3) is 0.0625. The summed E-state index contributed by atoms with van der Waals surface area (Å²) in [4.78, 5) is 9.66. The number of hydrogen-bond donors (Lipinski definition) is 0. The molecule has 3 aromatic heterocycles. The average molecular weight is 446 g/mol. The molecule has 0 saturated heterocycles. The monoisotopic (exact) mass is 445 g/mol. The first kappa shape index (κ1) is 17.9. The number of imidazole rings is 1. The average Bonchev–Trinajstić information content (AvgIpc) is 3.59. The van der Waals surface area contributed by atoms with E-state index in [2.05, 4.69) is 88.2 Å². The zero-order chi connectivity index (χ0) is 22.7. The van der Waals surface area contributed by atoms with Crippen LogP contribution in [0, 0.1) is 0 Å². The summed E-state index contributed by atoms with van der Waals surface area (Å²) in [6.45, 7) is 0. The van der Waals surface area contributed by atoms with Gasteiger partial charge in [0.05, 0.1) is 22.7 Å². The zero-order valence-corrected chi connectivity index (χ0v) is 18.9. The zero-order valence-electron chi connectivity index (χ0n) is 18.9. The Morgan fingerprint density at radius 3 is 2.46 bits per heavy atom. The molecule has 7 aromatic rings. The highest BCUT2D eigenvalue weighted by Crippen LogP contribution is 2.49. The van der Waals surface area contributed by atoms with Gasteiger partial charge in [-0.05, 0) is 80.9 Å². The molecule has 9 rings (SSSR count). The Bertz CT molecular complexity index is 2060. The third-order valence-electron chi connectivity index (χ3n) is 8.15. The molecule has 4 aromatic carbocycles. The normalized spacial score (nSPS) is 13.5. The van der Waals surface area contributed by atoms with E-state index in [4.69, 9.17) is 4.98 Å². The van der Waals surface area contributed by atoms with Crippen LogP contribution < -0.4 is 0 Å².